The van der Waals surface area contributed by atoms with Crippen molar-refractivity contribution in [3.8, 4) is 5.75 Å². The SMILES string of the molecule is Cc1ccnc2c1ccn2[C@@H]1C[C@H](Oc2cc(C(C)(C)O)cc3c2CCCC3)[C@@H](O)[C@H]1O. The maximum atomic E-state index is 10.9. The lowest BCUT2D eigenvalue weighted by atomic mass is 9.86. The molecule has 0 amide bonds. The van der Waals surface area contributed by atoms with Crippen molar-refractivity contribution in [3.63, 3.8) is 0 Å². The van der Waals surface area contributed by atoms with Gasteiger partial charge >= 0.3 is 0 Å². The minimum Gasteiger partial charge on any atom is -0.487 e. The van der Waals surface area contributed by atoms with E-state index in [1.165, 1.54) is 5.56 Å². The van der Waals surface area contributed by atoms with Gasteiger partial charge < -0.3 is 24.6 Å². The zero-order valence-electron chi connectivity index (χ0n) is 19.0. The molecule has 0 bridgehead atoms. The maximum Gasteiger partial charge on any atom is 0.140 e. The van der Waals surface area contributed by atoms with Gasteiger partial charge in [0.05, 0.1) is 11.6 Å². The zero-order valence-corrected chi connectivity index (χ0v) is 19.0. The topological polar surface area (TPSA) is 87.7 Å². The first kappa shape index (κ1) is 21.4. The number of ether oxygens (including phenoxy) is 1. The molecule has 1 fully saturated rings. The molecule has 3 aromatic rings. The predicted molar refractivity (Wildman–Crippen MR) is 123 cm³/mol. The molecule has 5 rings (SSSR count). The number of pyridine rings is 1. The van der Waals surface area contributed by atoms with Crippen LogP contribution in [0.15, 0.2) is 36.7 Å². The van der Waals surface area contributed by atoms with Crippen molar-refractivity contribution in [2.75, 3.05) is 0 Å². The van der Waals surface area contributed by atoms with Crippen LogP contribution in [0.4, 0.5) is 0 Å². The Bertz CT molecular complexity index is 1150. The van der Waals surface area contributed by atoms with E-state index in [9.17, 15) is 15.3 Å². The third-order valence-corrected chi connectivity index (χ3v) is 7.20. The van der Waals surface area contributed by atoms with Crippen LogP contribution in [0.1, 0.15) is 61.4 Å². The van der Waals surface area contributed by atoms with Crippen LogP contribution in [-0.2, 0) is 18.4 Å². The van der Waals surface area contributed by atoms with Gasteiger partial charge in [0, 0.05) is 24.2 Å². The van der Waals surface area contributed by atoms with Gasteiger partial charge in [-0.2, -0.15) is 0 Å². The van der Waals surface area contributed by atoms with Crippen molar-refractivity contribution in [1.82, 2.24) is 9.55 Å². The number of aromatic nitrogens is 2. The van der Waals surface area contributed by atoms with E-state index in [1.54, 1.807) is 20.0 Å². The molecule has 0 aliphatic heterocycles. The van der Waals surface area contributed by atoms with Crippen LogP contribution >= 0.6 is 0 Å². The quantitative estimate of drug-likeness (QED) is 0.582. The van der Waals surface area contributed by atoms with E-state index in [0.717, 1.165) is 59.2 Å². The summed E-state index contributed by atoms with van der Waals surface area (Å²) in [5, 5.41) is 33.5. The van der Waals surface area contributed by atoms with E-state index in [2.05, 4.69) is 11.1 Å². The van der Waals surface area contributed by atoms with Crippen molar-refractivity contribution >= 4 is 11.0 Å². The largest absolute Gasteiger partial charge is 0.487 e. The second-order valence-electron chi connectivity index (χ2n) is 9.91. The highest BCUT2D eigenvalue weighted by Gasteiger charge is 2.44. The number of aryl methyl sites for hydroxylation is 2. The third-order valence-electron chi connectivity index (χ3n) is 7.20. The fourth-order valence-corrected chi connectivity index (χ4v) is 5.27. The number of fused-ring (bicyclic) bond motifs is 2. The van der Waals surface area contributed by atoms with Crippen LogP contribution in [0.3, 0.4) is 0 Å². The molecular weight excluding hydrogens is 404 g/mol. The molecule has 0 spiro atoms. The van der Waals surface area contributed by atoms with Crippen LogP contribution in [0, 0.1) is 6.92 Å². The van der Waals surface area contributed by atoms with Crippen LogP contribution in [0.25, 0.3) is 11.0 Å². The summed E-state index contributed by atoms with van der Waals surface area (Å²) in [6.07, 6.45) is 5.80. The van der Waals surface area contributed by atoms with E-state index in [0.29, 0.717) is 6.42 Å². The first-order chi connectivity index (χ1) is 15.2. The molecule has 2 aromatic heterocycles. The standard InChI is InChI=1S/C26H32N2O4/c1-15-8-10-27-25-18(15)9-11-28(25)20-14-22(24(30)23(20)29)32-21-13-17(26(2,3)31)12-16-6-4-5-7-19(16)21/h8-13,20,22-24,29-31H,4-7,14H2,1-3H3/t20-,22+,23+,24-/m1/s1. The first-order valence-electron chi connectivity index (χ1n) is 11.6. The molecule has 32 heavy (non-hydrogen) atoms. The number of nitrogens with zero attached hydrogens (tertiary/aromatic N) is 2. The van der Waals surface area contributed by atoms with Crippen molar-refractivity contribution in [2.45, 2.75) is 82.8 Å². The van der Waals surface area contributed by atoms with Crippen LogP contribution in [0.5, 0.6) is 5.75 Å². The highest BCUT2D eigenvalue weighted by Crippen LogP contribution is 2.40. The Morgan fingerprint density at radius 1 is 1.09 bits per heavy atom. The molecule has 1 aromatic carbocycles. The maximum absolute atomic E-state index is 10.9. The van der Waals surface area contributed by atoms with Gasteiger partial charge in [-0.25, -0.2) is 4.98 Å². The summed E-state index contributed by atoms with van der Waals surface area (Å²) in [6.45, 7) is 5.59. The summed E-state index contributed by atoms with van der Waals surface area (Å²) in [5.74, 6) is 0.725. The molecule has 0 radical (unpaired) electrons. The fraction of sp³-hybridized carbons (Fsp3) is 0.500. The number of aliphatic hydroxyl groups excluding tert-OH is 2. The Labute approximate surface area is 188 Å². The monoisotopic (exact) mass is 436 g/mol. The number of aliphatic hydroxyl groups is 3. The Morgan fingerprint density at radius 2 is 1.88 bits per heavy atom. The van der Waals surface area contributed by atoms with E-state index in [-0.39, 0.29) is 6.04 Å². The summed E-state index contributed by atoms with van der Waals surface area (Å²) in [7, 11) is 0. The number of hydrogen-bond acceptors (Lipinski definition) is 5. The van der Waals surface area contributed by atoms with E-state index in [1.807, 2.05) is 35.9 Å². The van der Waals surface area contributed by atoms with E-state index in [4.69, 9.17) is 4.74 Å². The van der Waals surface area contributed by atoms with Gasteiger partial charge in [0.15, 0.2) is 0 Å². The van der Waals surface area contributed by atoms with Gasteiger partial charge in [0.25, 0.3) is 0 Å². The molecule has 3 N–H and O–H groups in total. The molecule has 2 aliphatic rings. The van der Waals surface area contributed by atoms with Crippen molar-refractivity contribution < 1.29 is 20.1 Å². The lowest BCUT2D eigenvalue weighted by molar-refractivity contribution is -0.0167. The second-order valence-corrected chi connectivity index (χ2v) is 9.91. The molecule has 2 aliphatic carbocycles. The fourth-order valence-electron chi connectivity index (χ4n) is 5.27. The molecule has 6 nitrogen and oxygen atoms in total. The number of rotatable bonds is 4. The smallest absolute Gasteiger partial charge is 0.140 e. The Morgan fingerprint density at radius 3 is 2.66 bits per heavy atom. The molecule has 4 atom stereocenters. The predicted octanol–water partition coefficient (Wildman–Crippen LogP) is 3.57. The van der Waals surface area contributed by atoms with Crippen LogP contribution in [-0.4, -0.2) is 43.2 Å². The average Bonchev–Trinajstić information content (AvgIpc) is 3.30. The minimum absolute atomic E-state index is 0.324. The molecular formula is C26H32N2O4. The van der Waals surface area contributed by atoms with Gasteiger partial charge in [-0.1, -0.05) is 6.07 Å². The summed E-state index contributed by atoms with van der Waals surface area (Å²) >= 11 is 0. The van der Waals surface area contributed by atoms with Gasteiger partial charge in [0.2, 0.25) is 0 Å². The normalized spacial score (nSPS) is 25.8. The van der Waals surface area contributed by atoms with Gasteiger partial charge in [-0.15, -0.1) is 0 Å². The summed E-state index contributed by atoms with van der Waals surface area (Å²) < 4.78 is 8.36. The number of benzene rings is 1. The lowest BCUT2D eigenvalue weighted by Gasteiger charge is -2.27. The second kappa shape index (κ2) is 7.87. The summed E-state index contributed by atoms with van der Waals surface area (Å²) in [6, 6.07) is 7.65. The Hall–Kier alpha value is -2.41. The molecule has 170 valence electrons. The minimum atomic E-state index is -1.01. The Balaban J connectivity index is 1.47. The van der Waals surface area contributed by atoms with E-state index >= 15 is 0 Å². The number of hydrogen-bond donors (Lipinski definition) is 3. The van der Waals surface area contributed by atoms with Gasteiger partial charge in [0.1, 0.15) is 29.7 Å². The molecule has 1 saturated carbocycles. The molecule has 0 unspecified atom stereocenters. The summed E-state index contributed by atoms with van der Waals surface area (Å²) in [5.41, 5.74) is 4.15. The molecule has 2 heterocycles. The van der Waals surface area contributed by atoms with Gasteiger partial charge in [-0.3, -0.25) is 0 Å². The first-order valence-corrected chi connectivity index (χ1v) is 11.6. The zero-order chi connectivity index (χ0) is 22.6. The molecule has 0 saturated heterocycles. The summed E-state index contributed by atoms with van der Waals surface area (Å²) in [4.78, 5) is 4.51. The third kappa shape index (κ3) is 3.60. The Kier molecular flexibility index (Phi) is 5.27. The van der Waals surface area contributed by atoms with Crippen molar-refractivity contribution in [1.29, 1.82) is 0 Å². The highest BCUT2D eigenvalue weighted by molar-refractivity contribution is 5.79. The van der Waals surface area contributed by atoms with Gasteiger partial charge in [-0.05, 0) is 86.9 Å². The van der Waals surface area contributed by atoms with Crippen molar-refractivity contribution in [2.24, 2.45) is 0 Å². The highest BCUT2D eigenvalue weighted by atomic mass is 16.5. The van der Waals surface area contributed by atoms with E-state index < -0.39 is 23.9 Å². The van der Waals surface area contributed by atoms with Crippen LogP contribution in [0.2, 0.25) is 0 Å². The lowest BCUT2D eigenvalue weighted by Crippen LogP contribution is -2.34. The molecule has 6 heteroatoms. The van der Waals surface area contributed by atoms with Crippen molar-refractivity contribution in [3.05, 3.63) is 58.9 Å². The van der Waals surface area contributed by atoms with Crippen LogP contribution < -0.4 is 4.74 Å². The average molecular weight is 437 g/mol.